The number of anilines is 1. The van der Waals surface area contributed by atoms with Crippen molar-refractivity contribution in [3.8, 4) is 11.5 Å². The summed E-state index contributed by atoms with van der Waals surface area (Å²) in [7, 11) is 0. The van der Waals surface area contributed by atoms with E-state index in [-0.39, 0.29) is 30.1 Å². The summed E-state index contributed by atoms with van der Waals surface area (Å²) in [5.74, 6) is -1.32. The number of halogens is 3. The molecule has 1 aliphatic heterocycles. The summed E-state index contributed by atoms with van der Waals surface area (Å²) < 4.78 is 39.8. The number of aromatic hydroxyl groups is 2. The highest BCUT2D eigenvalue weighted by atomic mass is 19.4. The molecule has 2 aromatic rings. The van der Waals surface area contributed by atoms with Gasteiger partial charge in [-0.2, -0.15) is 18.3 Å². The molecule has 0 radical (unpaired) electrons. The number of benzene rings is 1. The Morgan fingerprint density at radius 1 is 1.26 bits per heavy atom. The molecule has 122 valence electrons. The maximum atomic E-state index is 13.0. The van der Waals surface area contributed by atoms with E-state index in [9.17, 15) is 28.2 Å². The quantitative estimate of drug-likeness (QED) is 0.843. The van der Waals surface area contributed by atoms with Gasteiger partial charge >= 0.3 is 6.18 Å². The van der Waals surface area contributed by atoms with Crippen LogP contribution in [-0.4, -0.2) is 38.6 Å². The zero-order valence-corrected chi connectivity index (χ0v) is 11.7. The molecule has 1 unspecified atom stereocenters. The van der Waals surface area contributed by atoms with Crippen molar-refractivity contribution in [2.24, 2.45) is 0 Å². The highest BCUT2D eigenvalue weighted by Crippen LogP contribution is 2.39. The smallest absolute Gasteiger partial charge is 0.410 e. The van der Waals surface area contributed by atoms with E-state index >= 15 is 0 Å². The Kier molecular flexibility index (Phi) is 3.42. The first kappa shape index (κ1) is 15.2. The number of carbonyl (C=O) groups is 1. The maximum Gasteiger partial charge on any atom is 0.410 e. The van der Waals surface area contributed by atoms with Crippen LogP contribution in [-0.2, 0) is 0 Å². The lowest BCUT2D eigenvalue weighted by molar-refractivity contribution is -0.172. The topological polar surface area (TPSA) is 78.6 Å². The summed E-state index contributed by atoms with van der Waals surface area (Å²) in [6.45, 7) is -0.158. The van der Waals surface area contributed by atoms with E-state index in [0.29, 0.717) is 0 Å². The first-order chi connectivity index (χ1) is 10.8. The number of hydrogen-bond acceptors (Lipinski definition) is 4. The summed E-state index contributed by atoms with van der Waals surface area (Å²) in [6.07, 6.45) is -3.60. The van der Waals surface area contributed by atoms with Gasteiger partial charge in [0.1, 0.15) is 17.3 Å². The molecular formula is C14H12F3N3O3. The van der Waals surface area contributed by atoms with Gasteiger partial charge in [0.2, 0.25) is 0 Å². The highest BCUT2D eigenvalue weighted by Gasteiger charge is 2.46. The fraction of sp³-hybridized carbons (Fsp3) is 0.286. The van der Waals surface area contributed by atoms with Crippen LogP contribution in [0.25, 0.3) is 0 Å². The van der Waals surface area contributed by atoms with Gasteiger partial charge < -0.3 is 10.2 Å². The number of alkyl halides is 3. The van der Waals surface area contributed by atoms with Crippen molar-refractivity contribution in [3.63, 3.8) is 0 Å². The second-order valence-corrected chi connectivity index (χ2v) is 5.14. The van der Waals surface area contributed by atoms with E-state index in [2.05, 4.69) is 5.10 Å². The number of carbonyl (C=O) groups excluding carboxylic acids is 1. The molecule has 0 bridgehead atoms. The standard InChI is InChI=1S/C14H12F3N3O3/c15-14(16,17)11-4-6-19(12-3-5-18-20(11)12)13(23)9-2-1-8(21)7-10(9)22/h1-3,5,7,11,21-22H,4,6H2. The molecule has 6 nitrogen and oxygen atoms in total. The van der Waals surface area contributed by atoms with Gasteiger partial charge in [-0.1, -0.05) is 0 Å². The minimum Gasteiger partial charge on any atom is -0.508 e. The number of fused-ring (bicyclic) bond motifs is 1. The third kappa shape index (κ3) is 2.58. The van der Waals surface area contributed by atoms with E-state index in [4.69, 9.17) is 0 Å². The molecule has 23 heavy (non-hydrogen) atoms. The zero-order valence-electron chi connectivity index (χ0n) is 11.7. The molecule has 1 aromatic heterocycles. The molecule has 2 heterocycles. The van der Waals surface area contributed by atoms with Crippen LogP contribution in [0.5, 0.6) is 11.5 Å². The lowest BCUT2D eigenvalue weighted by atomic mass is 10.1. The normalized spacial score (nSPS) is 17.9. The molecule has 0 saturated heterocycles. The second-order valence-electron chi connectivity index (χ2n) is 5.14. The van der Waals surface area contributed by atoms with Crippen molar-refractivity contribution in [2.75, 3.05) is 11.4 Å². The number of aromatic nitrogens is 2. The Labute approximate surface area is 128 Å². The zero-order chi connectivity index (χ0) is 16.8. The predicted molar refractivity (Wildman–Crippen MR) is 73.4 cm³/mol. The molecule has 3 rings (SSSR count). The van der Waals surface area contributed by atoms with Crippen molar-refractivity contribution < 1.29 is 28.2 Å². The third-order valence-corrected chi connectivity index (χ3v) is 3.68. The minimum absolute atomic E-state index is 0.0102. The highest BCUT2D eigenvalue weighted by molar-refractivity contribution is 6.07. The van der Waals surface area contributed by atoms with Crippen LogP contribution < -0.4 is 4.90 Å². The molecular weight excluding hydrogens is 315 g/mol. The molecule has 0 aliphatic carbocycles. The maximum absolute atomic E-state index is 13.0. The van der Waals surface area contributed by atoms with Gasteiger partial charge in [-0.15, -0.1) is 0 Å². The van der Waals surface area contributed by atoms with E-state index in [1.165, 1.54) is 24.4 Å². The first-order valence-electron chi connectivity index (χ1n) is 6.73. The molecule has 1 amide bonds. The van der Waals surface area contributed by atoms with Gasteiger partial charge in [0.15, 0.2) is 6.04 Å². The van der Waals surface area contributed by atoms with E-state index < -0.39 is 23.9 Å². The average Bonchev–Trinajstić information content (AvgIpc) is 2.93. The number of rotatable bonds is 1. The Balaban J connectivity index is 1.97. The van der Waals surface area contributed by atoms with Crippen molar-refractivity contribution in [2.45, 2.75) is 18.6 Å². The van der Waals surface area contributed by atoms with Crippen molar-refractivity contribution in [1.82, 2.24) is 9.78 Å². The summed E-state index contributed by atoms with van der Waals surface area (Å²) in [6, 6.07) is 2.95. The number of amides is 1. The number of hydrogen-bond donors (Lipinski definition) is 2. The summed E-state index contributed by atoms with van der Waals surface area (Å²) in [5, 5.41) is 22.7. The van der Waals surface area contributed by atoms with Gasteiger partial charge in [0.05, 0.1) is 11.8 Å². The van der Waals surface area contributed by atoms with Crippen LogP contribution in [0.1, 0.15) is 22.8 Å². The number of phenols is 2. The molecule has 0 saturated carbocycles. The fourth-order valence-electron chi connectivity index (χ4n) is 2.60. The summed E-state index contributed by atoms with van der Waals surface area (Å²) in [4.78, 5) is 13.6. The summed E-state index contributed by atoms with van der Waals surface area (Å²) >= 11 is 0. The van der Waals surface area contributed by atoms with E-state index in [1.807, 2.05) is 0 Å². The number of phenolic OH excluding ortho intramolecular Hbond substituents is 2. The lowest BCUT2D eigenvalue weighted by Gasteiger charge is -2.33. The third-order valence-electron chi connectivity index (χ3n) is 3.68. The Morgan fingerprint density at radius 3 is 2.65 bits per heavy atom. The van der Waals surface area contributed by atoms with Crippen LogP contribution in [0.3, 0.4) is 0 Å². The SMILES string of the molecule is O=C(c1ccc(O)cc1O)N1CCC(C(F)(F)F)n2nccc21. The lowest BCUT2D eigenvalue weighted by Crippen LogP contribution is -2.43. The molecule has 0 spiro atoms. The van der Waals surface area contributed by atoms with Gasteiger partial charge in [-0.05, 0) is 18.6 Å². The average molecular weight is 327 g/mol. The molecule has 9 heteroatoms. The summed E-state index contributed by atoms with van der Waals surface area (Å²) in [5.41, 5.74) is -0.110. The van der Waals surface area contributed by atoms with Gasteiger partial charge in [-0.25, -0.2) is 4.68 Å². The predicted octanol–water partition coefficient (Wildman–Crippen LogP) is 2.45. The van der Waals surface area contributed by atoms with Crippen LogP contribution in [0.4, 0.5) is 19.0 Å². The van der Waals surface area contributed by atoms with E-state index in [0.717, 1.165) is 15.6 Å². The van der Waals surface area contributed by atoms with Gasteiger partial charge in [0, 0.05) is 18.7 Å². The number of nitrogens with zero attached hydrogens (tertiary/aromatic N) is 3. The molecule has 2 N–H and O–H groups in total. The van der Waals surface area contributed by atoms with Gasteiger partial charge in [-0.3, -0.25) is 9.69 Å². The van der Waals surface area contributed by atoms with Crippen molar-refractivity contribution >= 4 is 11.7 Å². The van der Waals surface area contributed by atoms with Gasteiger partial charge in [0.25, 0.3) is 5.91 Å². The molecule has 0 fully saturated rings. The Bertz CT molecular complexity index is 757. The van der Waals surface area contributed by atoms with Crippen molar-refractivity contribution in [1.29, 1.82) is 0 Å². The second kappa shape index (κ2) is 5.18. The van der Waals surface area contributed by atoms with Crippen LogP contribution in [0.15, 0.2) is 30.5 Å². The Hall–Kier alpha value is -2.71. The van der Waals surface area contributed by atoms with E-state index in [1.54, 1.807) is 0 Å². The largest absolute Gasteiger partial charge is 0.508 e. The van der Waals surface area contributed by atoms with Crippen LogP contribution in [0.2, 0.25) is 0 Å². The monoisotopic (exact) mass is 327 g/mol. The molecule has 1 atom stereocenters. The van der Waals surface area contributed by atoms with Crippen molar-refractivity contribution in [3.05, 3.63) is 36.0 Å². The Morgan fingerprint density at radius 2 is 2.00 bits per heavy atom. The van der Waals surface area contributed by atoms with Crippen LogP contribution >= 0.6 is 0 Å². The van der Waals surface area contributed by atoms with Crippen LogP contribution in [0, 0.1) is 0 Å². The minimum atomic E-state index is -4.46. The molecule has 1 aromatic carbocycles. The fourth-order valence-corrected chi connectivity index (χ4v) is 2.60. The molecule has 1 aliphatic rings. The first-order valence-corrected chi connectivity index (χ1v) is 6.73.